The second-order valence-corrected chi connectivity index (χ2v) is 6.10. The summed E-state index contributed by atoms with van der Waals surface area (Å²) >= 11 is 0. The molecule has 2 rings (SSSR count). The molecule has 0 saturated heterocycles. The van der Waals surface area contributed by atoms with Crippen molar-refractivity contribution in [3.05, 3.63) is 64.7 Å². The Hall–Kier alpha value is -1.26. The average molecular weight is 296 g/mol. The Bertz CT molecular complexity index is 645. The van der Waals surface area contributed by atoms with Gasteiger partial charge < -0.3 is 4.52 Å². The van der Waals surface area contributed by atoms with E-state index in [1.165, 1.54) is 0 Å². The van der Waals surface area contributed by atoms with Crippen LogP contribution in [0.3, 0.4) is 0 Å². The first kappa shape index (κ1) is 17.8. The van der Waals surface area contributed by atoms with Gasteiger partial charge in [-0.2, -0.15) is 0 Å². The van der Waals surface area contributed by atoms with Crippen molar-refractivity contribution in [3.8, 4) is 0 Å². The predicted octanol–water partition coefficient (Wildman–Crippen LogP) is 2.92. The maximum absolute atomic E-state index is 12.3. The zero-order chi connectivity index (χ0) is 14.7. The van der Waals surface area contributed by atoms with Gasteiger partial charge in [0.2, 0.25) is 0 Å². The molecule has 0 heterocycles. The second kappa shape index (κ2) is 7.66. The van der Waals surface area contributed by atoms with Crippen molar-refractivity contribution in [2.75, 3.05) is 0 Å². The van der Waals surface area contributed by atoms with Crippen LogP contribution in [0.4, 0.5) is 0 Å². The quantitative estimate of drug-likeness (QED) is 0.646. The molecule has 0 bridgehead atoms. The van der Waals surface area contributed by atoms with Gasteiger partial charge in [-0.15, -0.1) is 0 Å². The number of rotatable bonds is 3. The fourth-order valence-electron chi connectivity index (χ4n) is 2.27. The number of benzene rings is 2. The fraction of sp³-hybridized carbons (Fsp3) is 0.188. The maximum atomic E-state index is 12.3. The van der Waals surface area contributed by atoms with E-state index in [1.54, 1.807) is 24.3 Å². The van der Waals surface area contributed by atoms with Crippen LogP contribution in [0.15, 0.2) is 42.5 Å². The molecular weight excluding hydrogens is 278 g/mol. The number of carbonyl (C=O) groups is 1. The van der Waals surface area contributed by atoms with Crippen molar-refractivity contribution in [2.45, 2.75) is 20.8 Å². The number of hydrogen-bond acceptors (Lipinski definition) is 3. The first-order valence-electron chi connectivity index (χ1n) is 6.38. The predicted molar refractivity (Wildman–Crippen MR) is 88.3 cm³/mol. The molecular formula is C16H18LiO3P. The van der Waals surface area contributed by atoms with Crippen molar-refractivity contribution in [1.82, 2.24) is 0 Å². The van der Waals surface area contributed by atoms with Crippen molar-refractivity contribution >= 4 is 38.2 Å². The van der Waals surface area contributed by atoms with Gasteiger partial charge in [0.05, 0.1) is 10.9 Å². The molecule has 0 amide bonds. The summed E-state index contributed by atoms with van der Waals surface area (Å²) in [6, 6.07) is 12.5. The van der Waals surface area contributed by atoms with Crippen LogP contribution >= 0.6 is 8.03 Å². The molecule has 0 aromatic heterocycles. The Morgan fingerprint density at radius 3 is 2.05 bits per heavy atom. The van der Waals surface area contributed by atoms with Gasteiger partial charge in [-0.1, -0.05) is 35.9 Å². The first-order valence-corrected chi connectivity index (χ1v) is 7.70. The van der Waals surface area contributed by atoms with Crippen LogP contribution in [0, 0.1) is 20.8 Å². The van der Waals surface area contributed by atoms with Gasteiger partial charge in [0, 0.05) is 0 Å². The van der Waals surface area contributed by atoms with E-state index in [4.69, 9.17) is 4.52 Å². The van der Waals surface area contributed by atoms with E-state index in [-0.39, 0.29) is 18.9 Å². The summed E-state index contributed by atoms with van der Waals surface area (Å²) < 4.78 is 17.5. The molecule has 2 aromatic carbocycles. The van der Waals surface area contributed by atoms with E-state index in [0.717, 1.165) is 16.7 Å². The van der Waals surface area contributed by atoms with Gasteiger partial charge in [0.1, 0.15) is 0 Å². The SMILES string of the molecule is Cc1cc(C)c([PH](=O)OC(=O)c2ccccc2)c(C)c1.[LiH]. The zero-order valence-electron chi connectivity index (χ0n) is 11.8. The molecule has 1 unspecified atom stereocenters. The summed E-state index contributed by atoms with van der Waals surface area (Å²) in [6.07, 6.45) is 0. The van der Waals surface area contributed by atoms with E-state index >= 15 is 0 Å². The van der Waals surface area contributed by atoms with Gasteiger partial charge in [0.15, 0.2) is 0 Å². The summed E-state index contributed by atoms with van der Waals surface area (Å²) in [7, 11) is -2.59. The standard InChI is InChI=1S/C16H17O3P.Li.H/c1-11-9-12(2)15(13(3)10-11)20(18)19-16(17)14-7-5-4-6-8-14;;/h4-10,20H,1-3H3;;. The molecule has 0 N–H and O–H groups in total. The Morgan fingerprint density at radius 2 is 1.52 bits per heavy atom. The van der Waals surface area contributed by atoms with E-state index < -0.39 is 14.0 Å². The Labute approximate surface area is 137 Å². The van der Waals surface area contributed by atoms with Crippen molar-refractivity contribution in [1.29, 1.82) is 0 Å². The van der Waals surface area contributed by atoms with Crippen molar-refractivity contribution in [3.63, 3.8) is 0 Å². The first-order chi connectivity index (χ1) is 9.49. The molecule has 0 spiro atoms. The van der Waals surface area contributed by atoms with Gasteiger partial charge in [-0.25, -0.2) is 4.79 Å². The molecule has 1 atom stereocenters. The molecule has 0 aliphatic carbocycles. The van der Waals surface area contributed by atoms with Crippen LogP contribution < -0.4 is 5.30 Å². The topological polar surface area (TPSA) is 43.4 Å². The third-order valence-corrected chi connectivity index (χ3v) is 4.64. The monoisotopic (exact) mass is 296 g/mol. The van der Waals surface area contributed by atoms with Crippen LogP contribution in [-0.2, 0) is 9.09 Å². The summed E-state index contributed by atoms with van der Waals surface area (Å²) in [5.74, 6) is -0.547. The molecule has 106 valence electrons. The molecule has 0 fully saturated rings. The summed E-state index contributed by atoms with van der Waals surface area (Å²) in [5.41, 5.74) is 3.31. The Kier molecular flexibility index (Phi) is 6.49. The van der Waals surface area contributed by atoms with Crippen molar-refractivity contribution < 1.29 is 13.9 Å². The molecule has 0 aliphatic rings. The minimum absolute atomic E-state index is 0. The summed E-state index contributed by atoms with van der Waals surface area (Å²) in [4.78, 5) is 11.9. The second-order valence-electron chi connectivity index (χ2n) is 4.82. The normalized spacial score (nSPS) is 11.4. The third kappa shape index (κ3) is 4.35. The number of carbonyl (C=O) groups excluding carboxylic acids is 1. The summed E-state index contributed by atoms with van der Waals surface area (Å²) in [5, 5.41) is 0.643. The zero-order valence-corrected chi connectivity index (χ0v) is 12.8. The van der Waals surface area contributed by atoms with Gasteiger partial charge >= 0.3 is 24.8 Å². The Balaban J connectivity index is 0.00000220. The van der Waals surface area contributed by atoms with Gasteiger partial charge in [-0.05, 0) is 44.0 Å². The van der Waals surface area contributed by atoms with Gasteiger partial charge in [-0.3, -0.25) is 4.57 Å². The Morgan fingerprint density at radius 1 is 1.00 bits per heavy atom. The van der Waals surface area contributed by atoms with Crippen LogP contribution in [0.1, 0.15) is 27.0 Å². The number of aryl methyl sites for hydroxylation is 3. The molecule has 5 heteroatoms. The minimum atomic E-state index is -2.59. The molecule has 21 heavy (non-hydrogen) atoms. The van der Waals surface area contributed by atoms with Crippen LogP contribution in [0.5, 0.6) is 0 Å². The van der Waals surface area contributed by atoms with E-state index in [1.807, 2.05) is 39.0 Å². The van der Waals surface area contributed by atoms with Crippen LogP contribution in [-0.4, -0.2) is 24.8 Å². The van der Waals surface area contributed by atoms with Crippen molar-refractivity contribution in [2.24, 2.45) is 0 Å². The third-order valence-electron chi connectivity index (χ3n) is 3.08. The van der Waals surface area contributed by atoms with E-state index in [0.29, 0.717) is 10.9 Å². The van der Waals surface area contributed by atoms with Crippen LogP contribution in [0.25, 0.3) is 0 Å². The molecule has 2 aromatic rings. The number of hydrogen-bond donors (Lipinski definition) is 0. The summed E-state index contributed by atoms with van der Waals surface area (Å²) in [6.45, 7) is 5.75. The van der Waals surface area contributed by atoms with E-state index in [2.05, 4.69) is 0 Å². The molecule has 0 radical (unpaired) electrons. The molecule has 0 saturated carbocycles. The average Bonchev–Trinajstić information content (AvgIpc) is 2.38. The molecule has 0 aliphatic heterocycles. The van der Waals surface area contributed by atoms with Crippen LogP contribution in [0.2, 0.25) is 0 Å². The van der Waals surface area contributed by atoms with E-state index in [9.17, 15) is 9.36 Å². The fourth-order valence-corrected chi connectivity index (χ4v) is 3.45. The molecule has 3 nitrogen and oxygen atoms in total. The van der Waals surface area contributed by atoms with Gasteiger partial charge in [0.25, 0.3) is 8.03 Å².